The summed E-state index contributed by atoms with van der Waals surface area (Å²) in [5, 5.41) is 0. The summed E-state index contributed by atoms with van der Waals surface area (Å²) in [4.78, 5) is 17.9. The van der Waals surface area contributed by atoms with E-state index in [4.69, 9.17) is 14.2 Å². The molecule has 0 saturated carbocycles. The normalized spacial score (nSPS) is 12.8. The van der Waals surface area contributed by atoms with Gasteiger partial charge in [0.25, 0.3) is 0 Å². The molecule has 0 aliphatic carbocycles. The number of hydrogen-bond donors (Lipinski definition) is 0. The number of sulfone groups is 1. The number of methoxy groups -OCH3 is 2. The zero-order chi connectivity index (χ0) is 23.5. The van der Waals surface area contributed by atoms with Crippen molar-refractivity contribution in [2.24, 2.45) is 0 Å². The zero-order valence-electron chi connectivity index (χ0n) is 18.4. The van der Waals surface area contributed by atoms with Crippen LogP contribution < -0.4 is 15.2 Å². The lowest BCUT2D eigenvalue weighted by molar-refractivity contribution is 0.187. The minimum Gasteiger partial charge on any atom is -0.493 e. The highest BCUT2D eigenvalue weighted by Crippen LogP contribution is 2.33. The van der Waals surface area contributed by atoms with Crippen LogP contribution in [0.2, 0.25) is 0 Å². The molecule has 0 aliphatic rings. The fourth-order valence-corrected chi connectivity index (χ4v) is 4.82. The van der Waals surface area contributed by atoms with Crippen molar-refractivity contribution in [3.05, 3.63) is 51.0 Å². The molecule has 1 aromatic carbocycles. The van der Waals surface area contributed by atoms with Gasteiger partial charge in [-0.3, -0.25) is 9.13 Å². The van der Waals surface area contributed by atoms with E-state index >= 15 is 0 Å². The van der Waals surface area contributed by atoms with Gasteiger partial charge in [-0.25, -0.2) is 18.2 Å². The first-order valence-electron chi connectivity index (χ1n) is 9.93. The first-order valence-corrected chi connectivity index (χ1v) is 12.8. The number of halogens is 1. The number of ether oxygens (including phenoxy) is 3. The summed E-state index contributed by atoms with van der Waals surface area (Å²) >= 11 is 3.40. The van der Waals surface area contributed by atoms with Gasteiger partial charge in [-0.2, -0.15) is 0 Å². The average Bonchev–Trinajstić information content (AvgIpc) is 3.00. The molecule has 0 amide bonds. The second-order valence-corrected chi connectivity index (χ2v) is 10.3. The standard InChI is InChI=1S/C21H26BrN3O6S/c1-5-31-19-10-14(6-7-18(19)30-3)17(13-32(4,27)28)25-20-16(11-15(22)12-23-20)24(21(25)26)8-9-29-2/h6-7,10-12,17H,5,8-9,13H2,1-4H3. The number of aromatic nitrogens is 3. The van der Waals surface area contributed by atoms with Crippen LogP contribution >= 0.6 is 15.9 Å². The third kappa shape index (κ3) is 5.16. The molecule has 0 aliphatic heterocycles. The van der Waals surface area contributed by atoms with Gasteiger partial charge in [0.2, 0.25) is 0 Å². The highest BCUT2D eigenvalue weighted by atomic mass is 79.9. The molecule has 0 fully saturated rings. The molecule has 2 aromatic heterocycles. The van der Waals surface area contributed by atoms with Crippen molar-refractivity contribution in [1.82, 2.24) is 14.1 Å². The van der Waals surface area contributed by atoms with E-state index in [9.17, 15) is 13.2 Å². The van der Waals surface area contributed by atoms with E-state index in [1.54, 1.807) is 42.1 Å². The molecular formula is C21H26BrN3O6S. The van der Waals surface area contributed by atoms with Crippen molar-refractivity contribution in [3.63, 3.8) is 0 Å². The minimum atomic E-state index is -3.46. The molecule has 0 spiro atoms. The molecule has 0 bridgehead atoms. The van der Waals surface area contributed by atoms with E-state index in [1.807, 2.05) is 6.92 Å². The van der Waals surface area contributed by atoms with Gasteiger partial charge >= 0.3 is 5.69 Å². The van der Waals surface area contributed by atoms with Crippen molar-refractivity contribution in [1.29, 1.82) is 0 Å². The maximum absolute atomic E-state index is 13.5. The van der Waals surface area contributed by atoms with E-state index in [0.29, 0.717) is 52.5 Å². The fourth-order valence-electron chi connectivity index (χ4n) is 3.58. The molecule has 0 radical (unpaired) electrons. The number of rotatable bonds is 10. The first-order chi connectivity index (χ1) is 15.2. The van der Waals surface area contributed by atoms with Crippen molar-refractivity contribution in [3.8, 4) is 11.5 Å². The Bertz CT molecular complexity index is 1270. The maximum Gasteiger partial charge on any atom is 0.331 e. The lowest BCUT2D eigenvalue weighted by Crippen LogP contribution is -2.32. The van der Waals surface area contributed by atoms with Crippen molar-refractivity contribution >= 4 is 36.9 Å². The Morgan fingerprint density at radius 3 is 2.56 bits per heavy atom. The second-order valence-electron chi connectivity index (χ2n) is 7.24. The molecule has 9 nitrogen and oxygen atoms in total. The van der Waals surface area contributed by atoms with E-state index < -0.39 is 15.9 Å². The third-order valence-corrected chi connectivity index (χ3v) is 6.29. The van der Waals surface area contributed by atoms with E-state index in [0.717, 1.165) is 6.26 Å². The molecule has 0 N–H and O–H groups in total. The van der Waals surface area contributed by atoms with Crippen LogP contribution in [0.3, 0.4) is 0 Å². The van der Waals surface area contributed by atoms with Crippen molar-refractivity contribution < 1.29 is 22.6 Å². The van der Waals surface area contributed by atoms with Crippen LogP contribution in [-0.4, -0.2) is 62.0 Å². The SMILES string of the molecule is CCOc1cc(C(CS(C)(=O)=O)n2c(=O)n(CCOC)c3cc(Br)cnc32)ccc1OC. The molecule has 32 heavy (non-hydrogen) atoms. The Balaban J connectivity index is 2.29. The van der Waals surface area contributed by atoms with Crippen LogP contribution in [0.5, 0.6) is 11.5 Å². The molecule has 1 atom stereocenters. The van der Waals surface area contributed by atoms with Crippen molar-refractivity contribution in [2.75, 3.05) is 39.4 Å². The topological polar surface area (TPSA) is 102 Å². The predicted molar refractivity (Wildman–Crippen MR) is 126 cm³/mol. The fraction of sp³-hybridized carbons (Fsp3) is 0.429. The minimum absolute atomic E-state index is 0.286. The number of imidazole rings is 1. The monoisotopic (exact) mass is 527 g/mol. The van der Waals surface area contributed by atoms with Gasteiger partial charge < -0.3 is 14.2 Å². The van der Waals surface area contributed by atoms with E-state index in [2.05, 4.69) is 20.9 Å². The Hall–Kier alpha value is -2.37. The lowest BCUT2D eigenvalue weighted by Gasteiger charge is -2.20. The Kier molecular flexibility index (Phi) is 7.63. The number of hydrogen-bond acceptors (Lipinski definition) is 7. The van der Waals surface area contributed by atoms with Crippen LogP contribution in [0.4, 0.5) is 0 Å². The van der Waals surface area contributed by atoms with E-state index in [-0.39, 0.29) is 11.4 Å². The highest BCUT2D eigenvalue weighted by molar-refractivity contribution is 9.10. The van der Waals surface area contributed by atoms with Gasteiger partial charge in [-0.1, -0.05) is 6.07 Å². The zero-order valence-corrected chi connectivity index (χ0v) is 20.8. The largest absolute Gasteiger partial charge is 0.493 e. The Morgan fingerprint density at radius 1 is 1.19 bits per heavy atom. The maximum atomic E-state index is 13.5. The van der Waals surface area contributed by atoms with Gasteiger partial charge in [0.05, 0.1) is 44.2 Å². The summed E-state index contributed by atoms with van der Waals surface area (Å²) in [6, 6.07) is 6.12. The predicted octanol–water partition coefficient (Wildman–Crippen LogP) is 2.65. The first kappa shape index (κ1) is 24.3. The summed E-state index contributed by atoms with van der Waals surface area (Å²) in [5.41, 5.74) is 1.19. The Labute approximate surface area is 195 Å². The molecule has 11 heteroatoms. The van der Waals surface area contributed by atoms with Crippen LogP contribution in [-0.2, 0) is 21.1 Å². The van der Waals surface area contributed by atoms with Crippen LogP contribution in [0.1, 0.15) is 18.5 Å². The number of pyridine rings is 1. The summed E-state index contributed by atoms with van der Waals surface area (Å²) < 4.78 is 44.6. The van der Waals surface area contributed by atoms with Gasteiger partial charge in [0, 0.05) is 24.0 Å². The summed E-state index contributed by atoms with van der Waals surface area (Å²) in [7, 11) is -0.382. The molecule has 3 aromatic rings. The second kappa shape index (κ2) is 10.1. The van der Waals surface area contributed by atoms with Crippen LogP contribution in [0.15, 0.2) is 39.7 Å². The molecule has 2 heterocycles. The number of nitrogens with zero attached hydrogens (tertiary/aromatic N) is 3. The summed E-state index contributed by atoms with van der Waals surface area (Å²) in [6.45, 7) is 2.87. The van der Waals surface area contributed by atoms with E-state index in [1.165, 1.54) is 11.7 Å². The third-order valence-electron chi connectivity index (χ3n) is 4.93. The smallest absolute Gasteiger partial charge is 0.331 e. The molecule has 174 valence electrons. The lowest BCUT2D eigenvalue weighted by atomic mass is 10.1. The van der Waals surface area contributed by atoms with Gasteiger partial charge in [0.15, 0.2) is 17.1 Å². The van der Waals surface area contributed by atoms with Gasteiger partial charge in [-0.05, 0) is 46.6 Å². The summed E-state index contributed by atoms with van der Waals surface area (Å²) in [5.74, 6) is 0.704. The number of fused-ring (bicyclic) bond motifs is 1. The van der Waals surface area contributed by atoms with Crippen LogP contribution in [0, 0.1) is 0 Å². The van der Waals surface area contributed by atoms with Crippen molar-refractivity contribution in [2.45, 2.75) is 19.5 Å². The molecule has 0 saturated heterocycles. The summed E-state index contributed by atoms with van der Waals surface area (Å²) in [6.07, 6.45) is 2.72. The molecule has 1 unspecified atom stereocenters. The number of benzene rings is 1. The molecule has 3 rings (SSSR count). The quantitative estimate of drug-likeness (QED) is 0.399. The van der Waals surface area contributed by atoms with Gasteiger partial charge in [-0.15, -0.1) is 0 Å². The molecular weight excluding hydrogens is 502 g/mol. The van der Waals surface area contributed by atoms with Gasteiger partial charge in [0.1, 0.15) is 9.84 Å². The highest BCUT2D eigenvalue weighted by Gasteiger charge is 2.27. The Morgan fingerprint density at radius 2 is 1.94 bits per heavy atom. The average molecular weight is 528 g/mol. The van der Waals surface area contributed by atoms with Crippen LogP contribution in [0.25, 0.3) is 11.2 Å².